The third-order valence-electron chi connectivity index (χ3n) is 4.00. The van der Waals surface area contributed by atoms with Crippen molar-refractivity contribution in [2.24, 2.45) is 7.05 Å². The van der Waals surface area contributed by atoms with Crippen LogP contribution in [-0.4, -0.2) is 21.8 Å². The first-order chi connectivity index (χ1) is 12.6. The van der Waals surface area contributed by atoms with Crippen LogP contribution in [-0.2, 0) is 13.6 Å². The highest BCUT2D eigenvalue weighted by molar-refractivity contribution is 6.34. The minimum absolute atomic E-state index is 0.0485. The molecular formula is C17H18ClF4N3O2. The van der Waals surface area contributed by atoms with Gasteiger partial charge in [0.05, 0.1) is 16.8 Å². The lowest BCUT2D eigenvalue weighted by Crippen LogP contribution is -2.27. The van der Waals surface area contributed by atoms with Crippen molar-refractivity contribution in [3.05, 3.63) is 45.2 Å². The van der Waals surface area contributed by atoms with Gasteiger partial charge in [-0.15, -0.1) is 0 Å². The Morgan fingerprint density at radius 2 is 1.78 bits per heavy atom. The summed E-state index contributed by atoms with van der Waals surface area (Å²) in [5, 5.41) is 6.18. The average Bonchev–Trinajstić information content (AvgIpc) is 2.88. The van der Waals surface area contributed by atoms with Crippen molar-refractivity contribution in [1.82, 2.24) is 15.1 Å². The van der Waals surface area contributed by atoms with Crippen LogP contribution in [0.2, 0.25) is 5.02 Å². The number of rotatable bonds is 6. The number of halogens is 5. The molecule has 1 heterocycles. The fraction of sp³-hybridized carbons (Fsp3) is 0.412. The second kappa shape index (κ2) is 8.16. The molecule has 10 heteroatoms. The van der Waals surface area contributed by atoms with E-state index in [1.54, 1.807) is 13.8 Å². The highest BCUT2D eigenvalue weighted by Gasteiger charge is 2.28. The number of aromatic nitrogens is 2. The smallest absolute Gasteiger partial charge is 0.271 e. The van der Waals surface area contributed by atoms with Crippen LogP contribution in [0.3, 0.4) is 0 Å². The molecular weight excluding hydrogens is 390 g/mol. The van der Waals surface area contributed by atoms with Crippen molar-refractivity contribution in [3.8, 4) is 5.75 Å². The minimum Gasteiger partial charge on any atom is -0.485 e. The SMILES string of the molecule is CCC(C)Oc1c(F)c(F)c(CNC(=O)c2c(Cl)c(C)nn2C)c(F)c1F. The molecule has 27 heavy (non-hydrogen) atoms. The highest BCUT2D eigenvalue weighted by Crippen LogP contribution is 2.31. The van der Waals surface area contributed by atoms with Crippen molar-refractivity contribution in [3.63, 3.8) is 0 Å². The van der Waals surface area contributed by atoms with Crippen LogP contribution in [0.1, 0.15) is 42.0 Å². The topological polar surface area (TPSA) is 56.1 Å². The molecule has 0 bridgehead atoms. The van der Waals surface area contributed by atoms with Gasteiger partial charge in [-0.05, 0) is 20.3 Å². The lowest BCUT2D eigenvalue weighted by molar-refractivity contribution is 0.0940. The summed E-state index contributed by atoms with van der Waals surface area (Å²) in [6, 6.07) is 0. The van der Waals surface area contributed by atoms with Crippen LogP contribution in [0.25, 0.3) is 0 Å². The summed E-state index contributed by atoms with van der Waals surface area (Å²) in [5.74, 6) is -8.53. The Labute approximate surface area is 158 Å². The molecule has 0 radical (unpaired) electrons. The summed E-state index contributed by atoms with van der Waals surface area (Å²) >= 11 is 5.96. The third-order valence-corrected chi connectivity index (χ3v) is 4.45. The zero-order valence-corrected chi connectivity index (χ0v) is 15.8. The molecule has 0 aliphatic carbocycles. The standard InChI is InChI=1S/C17H18ClF4N3O2/c1-5-7(2)27-16-13(21)11(19)9(12(20)14(16)22)6-23-17(26)15-10(18)8(3)24-25(15)4/h7H,5-6H2,1-4H3,(H,23,26). The number of hydrogen-bond donors (Lipinski definition) is 1. The second-order valence-electron chi connectivity index (χ2n) is 5.95. The zero-order chi connectivity index (χ0) is 20.5. The molecule has 148 valence electrons. The molecule has 1 unspecified atom stereocenters. The molecule has 0 aliphatic rings. The molecule has 1 amide bonds. The van der Waals surface area contributed by atoms with Gasteiger partial charge >= 0.3 is 0 Å². The molecule has 0 spiro atoms. The first-order valence-corrected chi connectivity index (χ1v) is 8.46. The number of aryl methyl sites for hydroxylation is 2. The van der Waals surface area contributed by atoms with Crippen LogP contribution in [0.4, 0.5) is 17.6 Å². The third kappa shape index (κ3) is 4.02. The van der Waals surface area contributed by atoms with E-state index in [9.17, 15) is 22.4 Å². The van der Waals surface area contributed by atoms with E-state index in [0.717, 1.165) is 0 Å². The molecule has 0 saturated heterocycles. The fourth-order valence-corrected chi connectivity index (χ4v) is 2.58. The summed E-state index contributed by atoms with van der Waals surface area (Å²) in [6.07, 6.45) is -0.265. The molecule has 1 aromatic carbocycles. The molecule has 5 nitrogen and oxygen atoms in total. The van der Waals surface area contributed by atoms with Crippen LogP contribution in [0, 0.1) is 30.2 Å². The van der Waals surface area contributed by atoms with Gasteiger partial charge < -0.3 is 10.1 Å². The Kier molecular flexibility index (Phi) is 6.35. The van der Waals surface area contributed by atoms with Gasteiger partial charge in [-0.25, -0.2) is 8.78 Å². The number of hydrogen-bond acceptors (Lipinski definition) is 3. The van der Waals surface area contributed by atoms with Gasteiger partial charge in [0.15, 0.2) is 17.4 Å². The fourth-order valence-electron chi connectivity index (χ4n) is 2.33. The predicted octanol–water partition coefficient (Wildman–Crippen LogP) is 4.05. The normalized spacial score (nSPS) is 12.2. The van der Waals surface area contributed by atoms with Gasteiger partial charge in [-0.1, -0.05) is 18.5 Å². The van der Waals surface area contributed by atoms with Gasteiger partial charge in [0.25, 0.3) is 5.91 Å². The largest absolute Gasteiger partial charge is 0.485 e. The van der Waals surface area contributed by atoms with E-state index in [1.165, 1.54) is 18.7 Å². The van der Waals surface area contributed by atoms with Gasteiger partial charge in [-0.2, -0.15) is 13.9 Å². The Hall–Kier alpha value is -2.29. The lowest BCUT2D eigenvalue weighted by atomic mass is 10.1. The van der Waals surface area contributed by atoms with Crippen LogP contribution in [0.5, 0.6) is 5.75 Å². The summed E-state index contributed by atoms with van der Waals surface area (Å²) < 4.78 is 62.8. The Bertz CT molecular complexity index is 857. The quantitative estimate of drug-likeness (QED) is 0.580. The van der Waals surface area contributed by atoms with Crippen molar-refractivity contribution in [1.29, 1.82) is 0 Å². The summed E-state index contributed by atoms with van der Waals surface area (Å²) in [6.45, 7) is 3.96. The van der Waals surface area contributed by atoms with Crippen LogP contribution < -0.4 is 10.1 Å². The van der Waals surface area contributed by atoms with E-state index in [-0.39, 0.29) is 10.7 Å². The monoisotopic (exact) mass is 407 g/mol. The second-order valence-corrected chi connectivity index (χ2v) is 6.33. The van der Waals surface area contributed by atoms with E-state index in [4.69, 9.17) is 16.3 Å². The molecule has 1 atom stereocenters. The summed E-state index contributed by atoms with van der Waals surface area (Å²) in [5.41, 5.74) is -0.636. The number of amides is 1. The van der Waals surface area contributed by atoms with E-state index >= 15 is 0 Å². The first kappa shape index (κ1) is 21.0. The number of ether oxygens (including phenoxy) is 1. The number of nitrogens with zero attached hydrogens (tertiary/aromatic N) is 2. The Balaban J connectivity index is 2.30. The molecule has 1 N–H and O–H groups in total. The van der Waals surface area contributed by atoms with Gasteiger partial charge in [0.2, 0.25) is 11.6 Å². The molecule has 0 saturated carbocycles. The predicted molar refractivity (Wildman–Crippen MR) is 90.8 cm³/mol. The molecule has 1 aromatic heterocycles. The lowest BCUT2D eigenvalue weighted by Gasteiger charge is -2.16. The van der Waals surface area contributed by atoms with Crippen molar-refractivity contribution in [2.75, 3.05) is 0 Å². The Morgan fingerprint density at radius 1 is 1.22 bits per heavy atom. The molecule has 0 aliphatic heterocycles. The van der Waals surface area contributed by atoms with Crippen molar-refractivity contribution < 1.29 is 27.1 Å². The van der Waals surface area contributed by atoms with E-state index in [0.29, 0.717) is 12.1 Å². The maximum atomic E-state index is 14.2. The Morgan fingerprint density at radius 3 is 2.22 bits per heavy atom. The molecule has 2 rings (SSSR count). The van der Waals surface area contributed by atoms with Crippen molar-refractivity contribution >= 4 is 17.5 Å². The number of carbonyl (C=O) groups is 1. The minimum atomic E-state index is -1.66. The van der Waals surface area contributed by atoms with E-state index in [2.05, 4.69) is 10.4 Å². The highest BCUT2D eigenvalue weighted by atomic mass is 35.5. The molecule has 2 aromatic rings. The number of benzene rings is 1. The number of nitrogens with one attached hydrogen (secondary N) is 1. The summed E-state index contributed by atoms with van der Waals surface area (Å²) in [7, 11) is 1.45. The summed E-state index contributed by atoms with van der Waals surface area (Å²) in [4.78, 5) is 12.2. The van der Waals surface area contributed by atoms with Crippen LogP contribution >= 0.6 is 11.6 Å². The van der Waals surface area contributed by atoms with Crippen molar-refractivity contribution in [2.45, 2.75) is 39.8 Å². The van der Waals surface area contributed by atoms with E-state index in [1.807, 2.05) is 0 Å². The molecule has 0 fully saturated rings. The van der Waals surface area contributed by atoms with Crippen LogP contribution in [0.15, 0.2) is 0 Å². The van der Waals surface area contributed by atoms with Gasteiger partial charge in [0, 0.05) is 19.2 Å². The first-order valence-electron chi connectivity index (χ1n) is 8.08. The van der Waals surface area contributed by atoms with Gasteiger partial charge in [-0.3, -0.25) is 9.48 Å². The maximum Gasteiger partial charge on any atom is 0.271 e. The maximum absolute atomic E-state index is 14.2. The zero-order valence-electron chi connectivity index (χ0n) is 15.1. The van der Waals surface area contributed by atoms with Gasteiger partial charge in [0.1, 0.15) is 5.69 Å². The number of carbonyl (C=O) groups excluding carboxylic acids is 1. The average molecular weight is 408 g/mol. The van der Waals surface area contributed by atoms with E-state index < -0.39 is 53.1 Å².